The van der Waals surface area contributed by atoms with Crippen LogP contribution in [-0.4, -0.2) is 35.6 Å². The zero-order valence-electron chi connectivity index (χ0n) is 7.79. The molecule has 1 aliphatic heterocycles. The lowest BCUT2D eigenvalue weighted by molar-refractivity contribution is -0.138. The fourth-order valence-corrected chi connectivity index (χ4v) is 1.82. The number of piperidine rings is 1. The van der Waals surface area contributed by atoms with E-state index in [1.807, 2.05) is 0 Å². The van der Waals surface area contributed by atoms with Gasteiger partial charge in [0.1, 0.15) is 0 Å². The van der Waals surface area contributed by atoms with E-state index in [0.29, 0.717) is 18.4 Å². The molecular weight excluding hydrogens is 154 g/mol. The Kier molecular flexibility index (Phi) is 3.09. The minimum Gasteiger partial charge on any atom is -0.481 e. The van der Waals surface area contributed by atoms with Gasteiger partial charge < -0.3 is 10.0 Å². The molecule has 0 aromatic carbocycles. The van der Waals surface area contributed by atoms with E-state index in [9.17, 15) is 4.79 Å². The monoisotopic (exact) mass is 171 g/mol. The first-order valence-electron chi connectivity index (χ1n) is 4.51. The maximum absolute atomic E-state index is 10.4. The van der Waals surface area contributed by atoms with Crippen LogP contribution >= 0.6 is 0 Å². The number of hydrogen-bond acceptors (Lipinski definition) is 2. The zero-order chi connectivity index (χ0) is 9.14. The summed E-state index contributed by atoms with van der Waals surface area (Å²) in [7, 11) is 2.10. The number of aliphatic carboxylic acids is 1. The van der Waals surface area contributed by atoms with Crippen LogP contribution in [0.4, 0.5) is 0 Å². The Bertz CT molecular complexity index is 170. The first-order chi connectivity index (χ1) is 5.59. The van der Waals surface area contributed by atoms with Crippen molar-refractivity contribution >= 4 is 5.97 Å². The molecule has 70 valence electrons. The maximum atomic E-state index is 10.4. The van der Waals surface area contributed by atoms with E-state index in [1.54, 1.807) is 0 Å². The van der Waals surface area contributed by atoms with Crippen molar-refractivity contribution in [2.75, 3.05) is 13.6 Å². The van der Waals surface area contributed by atoms with Crippen molar-refractivity contribution in [3.8, 4) is 0 Å². The van der Waals surface area contributed by atoms with E-state index in [0.717, 1.165) is 19.4 Å². The van der Waals surface area contributed by atoms with Gasteiger partial charge in [-0.05, 0) is 39.3 Å². The van der Waals surface area contributed by atoms with Gasteiger partial charge in [-0.2, -0.15) is 0 Å². The standard InChI is InChI=1S/C9H17NO2/c1-7-5-8(6-9(11)12)3-4-10(7)2/h7-8H,3-6H2,1-2H3,(H,11,12). The highest BCUT2D eigenvalue weighted by molar-refractivity contribution is 5.67. The Morgan fingerprint density at radius 2 is 2.33 bits per heavy atom. The van der Waals surface area contributed by atoms with Crippen LogP contribution in [0.5, 0.6) is 0 Å². The molecule has 12 heavy (non-hydrogen) atoms. The molecule has 3 nitrogen and oxygen atoms in total. The highest BCUT2D eigenvalue weighted by Crippen LogP contribution is 2.23. The topological polar surface area (TPSA) is 40.5 Å². The molecular formula is C9H17NO2. The summed E-state index contributed by atoms with van der Waals surface area (Å²) in [5.74, 6) is -0.259. The summed E-state index contributed by atoms with van der Waals surface area (Å²) >= 11 is 0. The Labute approximate surface area is 73.4 Å². The lowest BCUT2D eigenvalue weighted by Crippen LogP contribution is -2.38. The zero-order valence-corrected chi connectivity index (χ0v) is 7.79. The summed E-state index contributed by atoms with van der Waals surface area (Å²) in [5.41, 5.74) is 0. The van der Waals surface area contributed by atoms with Crippen LogP contribution in [0, 0.1) is 5.92 Å². The van der Waals surface area contributed by atoms with E-state index in [1.165, 1.54) is 0 Å². The fraction of sp³-hybridized carbons (Fsp3) is 0.889. The van der Waals surface area contributed by atoms with Gasteiger partial charge >= 0.3 is 5.97 Å². The van der Waals surface area contributed by atoms with Crippen LogP contribution in [0.25, 0.3) is 0 Å². The Morgan fingerprint density at radius 3 is 2.83 bits per heavy atom. The molecule has 2 unspecified atom stereocenters. The average Bonchev–Trinajstić information content (AvgIpc) is 1.96. The highest BCUT2D eigenvalue weighted by atomic mass is 16.4. The summed E-state index contributed by atoms with van der Waals surface area (Å²) in [6.45, 7) is 3.20. The molecule has 1 rings (SSSR count). The largest absolute Gasteiger partial charge is 0.481 e. The third-order valence-corrected chi connectivity index (χ3v) is 2.78. The summed E-state index contributed by atoms with van der Waals surface area (Å²) < 4.78 is 0. The number of carboxylic acids is 1. The van der Waals surface area contributed by atoms with E-state index in [4.69, 9.17) is 5.11 Å². The van der Waals surface area contributed by atoms with E-state index in [2.05, 4.69) is 18.9 Å². The van der Waals surface area contributed by atoms with Gasteiger partial charge in [-0.15, -0.1) is 0 Å². The molecule has 0 bridgehead atoms. The average molecular weight is 171 g/mol. The van der Waals surface area contributed by atoms with Crippen molar-refractivity contribution in [3.05, 3.63) is 0 Å². The van der Waals surface area contributed by atoms with Gasteiger partial charge in [-0.3, -0.25) is 4.79 Å². The number of likely N-dealkylation sites (tertiary alicyclic amines) is 1. The van der Waals surface area contributed by atoms with Gasteiger partial charge in [0.2, 0.25) is 0 Å². The third-order valence-electron chi connectivity index (χ3n) is 2.78. The number of carboxylic acid groups (broad SMARTS) is 1. The fourth-order valence-electron chi connectivity index (χ4n) is 1.82. The molecule has 0 spiro atoms. The maximum Gasteiger partial charge on any atom is 0.303 e. The van der Waals surface area contributed by atoms with Gasteiger partial charge in [0, 0.05) is 12.5 Å². The van der Waals surface area contributed by atoms with Gasteiger partial charge in [-0.1, -0.05) is 0 Å². The summed E-state index contributed by atoms with van der Waals surface area (Å²) in [4.78, 5) is 12.7. The Balaban J connectivity index is 2.35. The van der Waals surface area contributed by atoms with Crippen LogP contribution in [0.15, 0.2) is 0 Å². The van der Waals surface area contributed by atoms with Crippen molar-refractivity contribution in [3.63, 3.8) is 0 Å². The molecule has 0 saturated carbocycles. The highest BCUT2D eigenvalue weighted by Gasteiger charge is 2.24. The lowest BCUT2D eigenvalue weighted by atomic mass is 9.89. The molecule has 3 heteroatoms. The van der Waals surface area contributed by atoms with Crippen LogP contribution < -0.4 is 0 Å². The Hall–Kier alpha value is -0.570. The summed E-state index contributed by atoms with van der Waals surface area (Å²) in [6.07, 6.45) is 2.41. The van der Waals surface area contributed by atoms with E-state index < -0.39 is 5.97 Å². The number of rotatable bonds is 2. The summed E-state index contributed by atoms with van der Waals surface area (Å²) in [6, 6.07) is 0.545. The quantitative estimate of drug-likeness (QED) is 0.678. The molecule has 1 fully saturated rings. The normalized spacial score (nSPS) is 31.8. The number of hydrogen-bond donors (Lipinski definition) is 1. The molecule has 1 heterocycles. The predicted molar refractivity (Wildman–Crippen MR) is 47.1 cm³/mol. The second-order valence-corrected chi connectivity index (χ2v) is 3.82. The van der Waals surface area contributed by atoms with E-state index in [-0.39, 0.29) is 0 Å². The lowest BCUT2D eigenvalue weighted by Gasteiger charge is -2.34. The molecule has 0 radical (unpaired) electrons. The molecule has 1 N–H and O–H groups in total. The van der Waals surface area contributed by atoms with Crippen LogP contribution in [0.2, 0.25) is 0 Å². The van der Waals surface area contributed by atoms with Crippen LogP contribution in [0.1, 0.15) is 26.2 Å². The SMILES string of the molecule is CC1CC(CC(=O)O)CCN1C. The minimum absolute atomic E-state index is 0.345. The first-order valence-corrected chi connectivity index (χ1v) is 4.51. The molecule has 0 aromatic heterocycles. The van der Waals surface area contributed by atoms with Gasteiger partial charge in [0.05, 0.1) is 0 Å². The molecule has 1 saturated heterocycles. The molecule has 0 aromatic rings. The Morgan fingerprint density at radius 1 is 1.67 bits per heavy atom. The number of nitrogens with zero attached hydrogens (tertiary/aromatic N) is 1. The minimum atomic E-state index is -0.656. The van der Waals surface area contributed by atoms with Crippen molar-refractivity contribution in [1.82, 2.24) is 4.90 Å². The van der Waals surface area contributed by atoms with Crippen molar-refractivity contribution in [1.29, 1.82) is 0 Å². The van der Waals surface area contributed by atoms with Gasteiger partial charge in [0.15, 0.2) is 0 Å². The van der Waals surface area contributed by atoms with Crippen molar-refractivity contribution in [2.24, 2.45) is 5.92 Å². The smallest absolute Gasteiger partial charge is 0.303 e. The molecule has 0 amide bonds. The second-order valence-electron chi connectivity index (χ2n) is 3.82. The van der Waals surface area contributed by atoms with Crippen LogP contribution in [-0.2, 0) is 4.79 Å². The van der Waals surface area contributed by atoms with Crippen LogP contribution in [0.3, 0.4) is 0 Å². The van der Waals surface area contributed by atoms with E-state index >= 15 is 0 Å². The first kappa shape index (κ1) is 9.52. The summed E-state index contributed by atoms with van der Waals surface area (Å²) in [5, 5.41) is 8.60. The van der Waals surface area contributed by atoms with Crippen molar-refractivity contribution in [2.45, 2.75) is 32.2 Å². The molecule has 0 aliphatic carbocycles. The second kappa shape index (κ2) is 3.90. The van der Waals surface area contributed by atoms with Gasteiger partial charge in [-0.25, -0.2) is 0 Å². The number of carbonyl (C=O) groups is 1. The van der Waals surface area contributed by atoms with Gasteiger partial charge in [0.25, 0.3) is 0 Å². The van der Waals surface area contributed by atoms with Crippen molar-refractivity contribution < 1.29 is 9.90 Å². The third kappa shape index (κ3) is 2.48. The predicted octanol–water partition coefficient (Wildman–Crippen LogP) is 1.19. The molecule has 1 aliphatic rings. The molecule has 2 atom stereocenters.